The molecule has 1 N–H and O–H groups in total. The van der Waals surface area contributed by atoms with Crippen molar-refractivity contribution in [1.29, 1.82) is 0 Å². The van der Waals surface area contributed by atoms with Crippen LogP contribution >= 0.6 is 46.4 Å². The van der Waals surface area contributed by atoms with E-state index in [0.717, 1.165) is 6.21 Å². The summed E-state index contributed by atoms with van der Waals surface area (Å²) in [6, 6.07) is 6.54. The Morgan fingerprint density at radius 2 is 1.94 bits per heavy atom. The van der Waals surface area contributed by atoms with Crippen LogP contribution in [0.1, 0.15) is 10.4 Å². The van der Waals surface area contributed by atoms with Crippen LogP contribution in [0.15, 0.2) is 29.4 Å². The Morgan fingerprint density at radius 1 is 1.31 bits per heavy atom. The largest absolute Gasteiger partial charge is 0.272 e. The second-order valence-electron chi connectivity index (χ2n) is 2.72. The van der Waals surface area contributed by atoms with Gasteiger partial charge in [-0.3, -0.25) is 4.79 Å². The molecule has 0 saturated heterocycles. The maximum Gasteiger partial charge on any atom is 0.272 e. The van der Waals surface area contributed by atoms with Gasteiger partial charge in [0, 0.05) is 0 Å². The Balaban J connectivity index is 2.68. The first-order chi connectivity index (χ1) is 7.40. The highest BCUT2D eigenvalue weighted by molar-refractivity contribution is 6.74. The first-order valence-corrected chi connectivity index (χ1v) is 5.57. The maximum absolute atomic E-state index is 11.5. The van der Waals surface area contributed by atoms with E-state index < -0.39 is 9.70 Å². The fourth-order valence-corrected chi connectivity index (χ4v) is 1.24. The van der Waals surface area contributed by atoms with Crippen LogP contribution < -0.4 is 5.43 Å². The van der Waals surface area contributed by atoms with Gasteiger partial charge in [-0.2, -0.15) is 5.10 Å². The fourth-order valence-electron chi connectivity index (χ4n) is 0.870. The SMILES string of the molecule is O=C(N/N=C/C(Cl)(Cl)Cl)c1ccccc1Cl. The number of hydrazone groups is 1. The van der Waals surface area contributed by atoms with Crippen LogP contribution in [0.4, 0.5) is 0 Å². The third kappa shape index (κ3) is 4.58. The first-order valence-electron chi connectivity index (χ1n) is 4.06. The molecule has 0 unspecified atom stereocenters. The highest BCUT2D eigenvalue weighted by Crippen LogP contribution is 2.22. The minimum atomic E-state index is -1.65. The van der Waals surface area contributed by atoms with E-state index in [1.165, 1.54) is 0 Å². The molecule has 0 saturated carbocycles. The quantitative estimate of drug-likeness (QED) is 0.507. The number of carbonyl (C=O) groups is 1. The van der Waals surface area contributed by atoms with Crippen molar-refractivity contribution in [2.45, 2.75) is 3.79 Å². The van der Waals surface area contributed by atoms with Crippen LogP contribution in [0.3, 0.4) is 0 Å². The lowest BCUT2D eigenvalue weighted by atomic mass is 10.2. The van der Waals surface area contributed by atoms with Gasteiger partial charge in [-0.15, -0.1) is 0 Å². The number of benzene rings is 1. The molecule has 0 atom stereocenters. The number of halogens is 4. The van der Waals surface area contributed by atoms with E-state index in [-0.39, 0.29) is 0 Å². The molecule has 7 heteroatoms. The molecule has 1 aromatic rings. The Labute approximate surface area is 112 Å². The van der Waals surface area contributed by atoms with Gasteiger partial charge in [0.25, 0.3) is 5.91 Å². The van der Waals surface area contributed by atoms with Crippen molar-refractivity contribution < 1.29 is 4.79 Å². The molecule has 0 aromatic heterocycles. The van der Waals surface area contributed by atoms with Gasteiger partial charge in [0.1, 0.15) is 0 Å². The van der Waals surface area contributed by atoms with Crippen LogP contribution in [-0.4, -0.2) is 15.9 Å². The third-order valence-corrected chi connectivity index (χ3v) is 2.12. The van der Waals surface area contributed by atoms with Crippen molar-refractivity contribution in [1.82, 2.24) is 5.43 Å². The Hall–Kier alpha value is -0.480. The average molecular weight is 300 g/mol. The Bertz CT molecular complexity index is 414. The molecular weight excluding hydrogens is 294 g/mol. The molecule has 0 heterocycles. The van der Waals surface area contributed by atoms with E-state index in [1.807, 2.05) is 0 Å². The molecule has 0 bridgehead atoms. The molecule has 16 heavy (non-hydrogen) atoms. The molecule has 0 fully saturated rings. The van der Waals surface area contributed by atoms with E-state index in [4.69, 9.17) is 46.4 Å². The number of nitrogens with zero attached hydrogens (tertiary/aromatic N) is 1. The van der Waals surface area contributed by atoms with Crippen molar-refractivity contribution in [3.63, 3.8) is 0 Å². The third-order valence-electron chi connectivity index (χ3n) is 1.50. The van der Waals surface area contributed by atoms with Gasteiger partial charge in [0.2, 0.25) is 3.79 Å². The normalized spacial score (nSPS) is 11.8. The Morgan fingerprint density at radius 3 is 2.50 bits per heavy atom. The number of rotatable bonds is 2. The molecule has 1 aromatic carbocycles. The topological polar surface area (TPSA) is 41.5 Å². The molecule has 0 spiro atoms. The smallest absolute Gasteiger partial charge is 0.267 e. The van der Waals surface area contributed by atoms with Crippen molar-refractivity contribution in [2.75, 3.05) is 0 Å². The van der Waals surface area contributed by atoms with E-state index in [0.29, 0.717) is 10.6 Å². The summed E-state index contributed by atoms with van der Waals surface area (Å²) in [6.45, 7) is 0. The zero-order chi connectivity index (χ0) is 12.2. The van der Waals surface area contributed by atoms with E-state index in [1.54, 1.807) is 24.3 Å². The summed E-state index contributed by atoms with van der Waals surface area (Å²) >= 11 is 22.0. The first kappa shape index (κ1) is 13.6. The standard InChI is InChI=1S/C9H6Cl4N2O/c10-7-4-2-1-3-6(7)8(16)15-14-5-9(11,12)13/h1-5H,(H,15,16)/b14-5+. The summed E-state index contributed by atoms with van der Waals surface area (Å²) in [6.07, 6.45) is 0.979. The van der Waals surface area contributed by atoms with Gasteiger partial charge in [-0.25, -0.2) is 5.43 Å². The van der Waals surface area contributed by atoms with Gasteiger partial charge in [0.15, 0.2) is 0 Å². The zero-order valence-corrected chi connectivity index (χ0v) is 10.8. The molecule has 3 nitrogen and oxygen atoms in total. The second kappa shape index (κ2) is 5.73. The molecule has 0 aliphatic carbocycles. The molecular formula is C9H6Cl4N2O. The molecule has 1 rings (SSSR count). The van der Waals surface area contributed by atoms with Gasteiger partial charge >= 0.3 is 0 Å². The number of amides is 1. The van der Waals surface area contributed by atoms with Crippen LogP contribution in [0.2, 0.25) is 5.02 Å². The lowest BCUT2D eigenvalue weighted by Crippen LogP contribution is -2.19. The van der Waals surface area contributed by atoms with Crippen LogP contribution in [-0.2, 0) is 0 Å². The van der Waals surface area contributed by atoms with E-state index in [9.17, 15) is 4.79 Å². The number of hydrogen-bond donors (Lipinski definition) is 1. The van der Waals surface area contributed by atoms with Crippen LogP contribution in [0, 0.1) is 0 Å². The summed E-state index contributed by atoms with van der Waals surface area (Å²) in [5, 5.41) is 3.80. The van der Waals surface area contributed by atoms with Crippen molar-refractivity contribution in [3.8, 4) is 0 Å². The van der Waals surface area contributed by atoms with Gasteiger partial charge in [-0.05, 0) is 12.1 Å². The fraction of sp³-hybridized carbons (Fsp3) is 0.111. The minimum absolute atomic E-state index is 0.297. The summed E-state index contributed by atoms with van der Waals surface area (Å²) in [5.41, 5.74) is 2.49. The van der Waals surface area contributed by atoms with E-state index >= 15 is 0 Å². The van der Waals surface area contributed by atoms with Crippen LogP contribution in [0.25, 0.3) is 0 Å². The average Bonchev–Trinajstić information content (AvgIpc) is 2.16. The Kier molecular flexibility index (Phi) is 4.87. The highest BCUT2D eigenvalue weighted by Gasteiger charge is 2.16. The lowest BCUT2D eigenvalue weighted by molar-refractivity contribution is 0.0955. The van der Waals surface area contributed by atoms with E-state index in [2.05, 4.69) is 10.5 Å². The molecule has 0 aliphatic heterocycles. The summed E-state index contributed by atoms with van der Waals surface area (Å²) in [7, 11) is 0. The number of nitrogens with one attached hydrogen (secondary N) is 1. The van der Waals surface area contributed by atoms with Crippen molar-refractivity contribution in [2.24, 2.45) is 5.10 Å². The van der Waals surface area contributed by atoms with Gasteiger partial charge in [-0.1, -0.05) is 58.5 Å². The molecule has 0 radical (unpaired) electrons. The van der Waals surface area contributed by atoms with Crippen LogP contribution in [0.5, 0.6) is 0 Å². The number of alkyl halides is 3. The lowest BCUT2D eigenvalue weighted by Gasteiger charge is -2.04. The zero-order valence-electron chi connectivity index (χ0n) is 7.75. The van der Waals surface area contributed by atoms with Gasteiger partial charge < -0.3 is 0 Å². The molecule has 1 amide bonds. The van der Waals surface area contributed by atoms with Gasteiger partial charge in [0.05, 0.1) is 16.8 Å². The predicted octanol–water partition coefficient (Wildman–Crippen LogP) is 3.43. The summed E-state index contributed by atoms with van der Waals surface area (Å²) in [5.74, 6) is -0.476. The second-order valence-corrected chi connectivity index (χ2v) is 5.50. The number of hydrogen-bond acceptors (Lipinski definition) is 2. The monoisotopic (exact) mass is 298 g/mol. The number of carbonyl (C=O) groups excluding carboxylic acids is 1. The minimum Gasteiger partial charge on any atom is -0.267 e. The van der Waals surface area contributed by atoms with Crippen molar-refractivity contribution in [3.05, 3.63) is 34.9 Å². The highest BCUT2D eigenvalue weighted by atomic mass is 35.6. The predicted molar refractivity (Wildman–Crippen MR) is 67.7 cm³/mol. The molecule has 0 aliphatic rings. The summed E-state index contributed by atoms with van der Waals surface area (Å²) < 4.78 is -1.65. The summed E-state index contributed by atoms with van der Waals surface area (Å²) in [4.78, 5) is 11.5. The molecule has 86 valence electrons. The maximum atomic E-state index is 11.5. The van der Waals surface area contributed by atoms with Crippen molar-refractivity contribution >= 4 is 58.5 Å².